The van der Waals surface area contributed by atoms with E-state index in [2.05, 4.69) is 31.0 Å². The van der Waals surface area contributed by atoms with E-state index in [1.54, 1.807) is 0 Å². The summed E-state index contributed by atoms with van der Waals surface area (Å²) in [6.45, 7) is 11.0. The van der Waals surface area contributed by atoms with Crippen LogP contribution in [0.1, 0.15) is 59.3 Å². The molecule has 0 amide bonds. The lowest BCUT2D eigenvalue weighted by Crippen LogP contribution is -2.53. The van der Waals surface area contributed by atoms with Gasteiger partial charge in [0.2, 0.25) is 0 Å². The van der Waals surface area contributed by atoms with Gasteiger partial charge in [0.25, 0.3) is 0 Å². The molecule has 0 spiro atoms. The van der Waals surface area contributed by atoms with E-state index >= 15 is 0 Å². The number of hydrogen-bond acceptors (Lipinski definition) is 2. The third kappa shape index (κ3) is 3.45. The van der Waals surface area contributed by atoms with Crippen LogP contribution in [-0.2, 0) is 0 Å². The maximum Gasteiger partial charge on any atom is 0.0181 e. The zero-order chi connectivity index (χ0) is 12.3. The Morgan fingerprint density at radius 2 is 1.82 bits per heavy atom. The van der Waals surface area contributed by atoms with Gasteiger partial charge >= 0.3 is 0 Å². The molecule has 2 rings (SSSR count). The molecule has 17 heavy (non-hydrogen) atoms. The Labute approximate surface area is 107 Å². The molecule has 1 heterocycles. The third-order valence-electron chi connectivity index (χ3n) is 4.87. The summed E-state index contributed by atoms with van der Waals surface area (Å²) in [5.41, 5.74) is 0.504. The van der Waals surface area contributed by atoms with Crippen LogP contribution in [0.5, 0.6) is 0 Å². The van der Waals surface area contributed by atoms with Crippen molar-refractivity contribution in [1.82, 2.24) is 10.2 Å². The fourth-order valence-corrected chi connectivity index (χ4v) is 3.51. The maximum atomic E-state index is 3.64. The van der Waals surface area contributed by atoms with Crippen molar-refractivity contribution < 1.29 is 0 Å². The van der Waals surface area contributed by atoms with Gasteiger partial charge in [-0.1, -0.05) is 26.2 Å². The zero-order valence-electron chi connectivity index (χ0n) is 12.0. The summed E-state index contributed by atoms with van der Waals surface area (Å²) < 4.78 is 0. The normalized spacial score (nSPS) is 36.2. The summed E-state index contributed by atoms with van der Waals surface area (Å²) in [6.07, 6.45) is 8.48. The molecule has 0 aromatic carbocycles. The maximum absolute atomic E-state index is 3.64. The first-order valence-corrected chi connectivity index (χ1v) is 7.58. The van der Waals surface area contributed by atoms with Crippen LogP contribution in [0.2, 0.25) is 0 Å². The van der Waals surface area contributed by atoms with Crippen molar-refractivity contribution in [3.05, 3.63) is 0 Å². The van der Waals surface area contributed by atoms with E-state index in [-0.39, 0.29) is 0 Å². The molecule has 0 aromatic heterocycles. The quantitative estimate of drug-likeness (QED) is 0.755. The topological polar surface area (TPSA) is 15.3 Å². The predicted octanol–water partition coefficient (Wildman–Crippen LogP) is 3.03. The van der Waals surface area contributed by atoms with Crippen LogP contribution in [0, 0.1) is 5.92 Å². The molecule has 2 nitrogen and oxygen atoms in total. The van der Waals surface area contributed by atoms with Crippen LogP contribution in [0.4, 0.5) is 0 Å². The first-order valence-electron chi connectivity index (χ1n) is 7.58. The van der Waals surface area contributed by atoms with Gasteiger partial charge in [0, 0.05) is 24.7 Å². The highest BCUT2D eigenvalue weighted by molar-refractivity contribution is 4.91. The van der Waals surface area contributed by atoms with Gasteiger partial charge in [-0.15, -0.1) is 0 Å². The third-order valence-corrected chi connectivity index (χ3v) is 4.87. The molecule has 2 aliphatic rings. The van der Waals surface area contributed by atoms with E-state index < -0.39 is 0 Å². The SMILES string of the molecule is CC1CNC(C)CCN(C2(C)CCCCC2)C1. The van der Waals surface area contributed by atoms with Gasteiger partial charge in [-0.05, 0) is 45.6 Å². The minimum Gasteiger partial charge on any atom is -0.314 e. The molecule has 1 saturated carbocycles. The van der Waals surface area contributed by atoms with E-state index in [1.807, 2.05) is 0 Å². The minimum absolute atomic E-state index is 0.504. The molecule has 0 bridgehead atoms. The van der Waals surface area contributed by atoms with Gasteiger partial charge in [0.15, 0.2) is 0 Å². The molecule has 1 aliphatic heterocycles. The van der Waals surface area contributed by atoms with E-state index in [9.17, 15) is 0 Å². The highest BCUT2D eigenvalue weighted by Crippen LogP contribution is 2.34. The summed E-state index contributed by atoms with van der Waals surface area (Å²) >= 11 is 0. The number of rotatable bonds is 1. The molecule has 1 N–H and O–H groups in total. The highest BCUT2D eigenvalue weighted by Gasteiger charge is 2.34. The van der Waals surface area contributed by atoms with Crippen molar-refractivity contribution in [1.29, 1.82) is 0 Å². The van der Waals surface area contributed by atoms with Gasteiger partial charge in [-0.25, -0.2) is 0 Å². The zero-order valence-corrected chi connectivity index (χ0v) is 12.0. The van der Waals surface area contributed by atoms with E-state index in [0.717, 1.165) is 5.92 Å². The molecule has 2 heteroatoms. The second-order valence-corrected chi connectivity index (χ2v) is 6.71. The average molecular weight is 238 g/mol. The van der Waals surface area contributed by atoms with Crippen molar-refractivity contribution in [2.24, 2.45) is 5.92 Å². The second kappa shape index (κ2) is 5.71. The van der Waals surface area contributed by atoms with Crippen LogP contribution in [0.3, 0.4) is 0 Å². The second-order valence-electron chi connectivity index (χ2n) is 6.71. The Morgan fingerprint density at radius 1 is 1.12 bits per heavy atom. The lowest BCUT2D eigenvalue weighted by Gasteiger charge is -2.46. The molecule has 2 fully saturated rings. The smallest absolute Gasteiger partial charge is 0.0181 e. The lowest BCUT2D eigenvalue weighted by atomic mass is 9.81. The first kappa shape index (κ1) is 13.4. The molecule has 0 aromatic rings. The molecule has 2 unspecified atom stereocenters. The van der Waals surface area contributed by atoms with Crippen molar-refractivity contribution in [2.45, 2.75) is 70.9 Å². The Hall–Kier alpha value is -0.0800. The molecule has 1 saturated heterocycles. The average Bonchev–Trinajstić information content (AvgIpc) is 2.30. The fraction of sp³-hybridized carbons (Fsp3) is 1.00. The minimum atomic E-state index is 0.504. The van der Waals surface area contributed by atoms with Gasteiger partial charge in [-0.2, -0.15) is 0 Å². The molecule has 2 atom stereocenters. The van der Waals surface area contributed by atoms with Crippen LogP contribution in [-0.4, -0.2) is 36.1 Å². The van der Waals surface area contributed by atoms with Crippen LogP contribution >= 0.6 is 0 Å². The number of nitrogens with one attached hydrogen (secondary N) is 1. The summed E-state index contributed by atoms with van der Waals surface area (Å²) in [5, 5.41) is 3.64. The van der Waals surface area contributed by atoms with E-state index in [0.29, 0.717) is 11.6 Å². The van der Waals surface area contributed by atoms with Gasteiger partial charge in [-0.3, -0.25) is 4.90 Å². The van der Waals surface area contributed by atoms with Crippen molar-refractivity contribution in [2.75, 3.05) is 19.6 Å². The van der Waals surface area contributed by atoms with Gasteiger partial charge < -0.3 is 5.32 Å². The van der Waals surface area contributed by atoms with Crippen LogP contribution in [0.25, 0.3) is 0 Å². The van der Waals surface area contributed by atoms with Gasteiger partial charge in [0.1, 0.15) is 0 Å². The van der Waals surface area contributed by atoms with Gasteiger partial charge in [0.05, 0.1) is 0 Å². The van der Waals surface area contributed by atoms with Crippen LogP contribution in [0.15, 0.2) is 0 Å². The van der Waals surface area contributed by atoms with Crippen molar-refractivity contribution in [3.63, 3.8) is 0 Å². The fourth-order valence-electron chi connectivity index (χ4n) is 3.51. The monoisotopic (exact) mass is 238 g/mol. The van der Waals surface area contributed by atoms with E-state index in [4.69, 9.17) is 0 Å². The van der Waals surface area contributed by atoms with Crippen molar-refractivity contribution >= 4 is 0 Å². The standard InChI is InChI=1S/C15H30N2/c1-13-11-16-14(2)7-10-17(12-13)15(3)8-5-4-6-9-15/h13-14,16H,4-12H2,1-3H3. The molecule has 100 valence electrons. The molecular weight excluding hydrogens is 208 g/mol. The molecule has 0 radical (unpaired) electrons. The largest absolute Gasteiger partial charge is 0.314 e. The Morgan fingerprint density at radius 3 is 2.53 bits per heavy atom. The Kier molecular flexibility index (Phi) is 4.48. The highest BCUT2D eigenvalue weighted by atomic mass is 15.2. The summed E-state index contributed by atoms with van der Waals surface area (Å²) in [7, 11) is 0. The predicted molar refractivity (Wildman–Crippen MR) is 74.3 cm³/mol. The molecule has 1 aliphatic carbocycles. The van der Waals surface area contributed by atoms with E-state index in [1.165, 1.54) is 58.2 Å². The number of nitrogens with zero attached hydrogens (tertiary/aromatic N) is 1. The summed E-state index contributed by atoms with van der Waals surface area (Å²) in [5.74, 6) is 0.788. The van der Waals surface area contributed by atoms with Crippen LogP contribution < -0.4 is 5.32 Å². The molecular formula is C15H30N2. The Bertz CT molecular complexity index is 233. The Balaban J connectivity index is 2.00. The lowest BCUT2D eigenvalue weighted by molar-refractivity contribution is 0.0429. The van der Waals surface area contributed by atoms with Crippen molar-refractivity contribution in [3.8, 4) is 0 Å². The first-order chi connectivity index (χ1) is 8.10. The number of hydrogen-bond donors (Lipinski definition) is 1. The summed E-state index contributed by atoms with van der Waals surface area (Å²) in [6, 6.07) is 0.687. The summed E-state index contributed by atoms with van der Waals surface area (Å²) in [4.78, 5) is 2.81.